The number of halogens is 1. The molecule has 2 rings (SSSR count). The first-order valence-electron chi connectivity index (χ1n) is 6.97. The lowest BCUT2D eigenvalue weighted by atomic mass is 10.2. The lowest BCUT2D eigenvalue weighted by Gasteiger charge is -2.03. The fourth-order valence-electron chi connectivity index (χ4n) is 1.97. The molecule has 0 aliphatic rings. The minimum absolute atomic E-state index is 0.572. The number of rotatable bonds is 8. The Labute approximate surface area is 124 Å². The molecule has 110 valence electrons. The first-order chi connectivity index (χ1) is 9.70. The quantitative estimate of drug-likeness (QED) is 0.730. The minimum atomic E-state index is 0.572. The molecule has 0 unspecified atom stereocenters. The molecule has 0 saturated heterocycles. The SMILES string of the molecule is CCCCc1nc(Cl)c(CNCCc2nncn2C)[nH]1. The van der Waals surface area contributed by atoms with Gasteiger partial charge in [-0.15, -0.1) is 10.2 Å². The summed E-state index contributed by atoms with van der Waals surface area (Å²) in [7, 11) is 1.95. The Kier molecular flexibility index (Phi) is 5.55. The van der Waals surface area contributed by atoms with Crippen molar-refractivity contribution < 1.29 is 0 Å². The van der Waals surface area contributed by atoms with E-state index in [2.05, 4.69) is 32.4 Å². The van der Waals surface area contributed by atoms with Crippen LogP contribution in [0.15, 0.2) is 6.33 Å². The van der Waals surface area contributed by atoms with E-state index in [0.29, 0.717) is 11.7 Å². The second-order valence-corrected chi connectivity index (χ2v) is 5.20. The number of hydrogen-bond donors (Lipinski definition) is 2. The molecule has 0 aromatic carbocycles. The van der Waals surface area contributed by atoms with Gasteiger partial charge in [0, 0.05) is 33.0 Å². The normalized spacial score (nSPS) is 11.2. The summed E-state index contributed by atoms with van der Waals surface area (Å²) in [4.78, 5) is 7.62. The summed E-state index contributed by atoms with van der Waals surface area (Å²) in [5, 5.41) is 11.8. The third-order valence-corrected chi connectivity index (χ3v) is 3.49. The first kappa shape index (κ1) is 15.0. The molecule has 0 saturated carbocycles. The predicted molar refractivity (Wildman–Crippen MR) is 78.6 cm³/mol. The van der Waals surface area contributed by atoms with Crippen LogP contribution in [0.4, 0.5) is 0 Å². The average molecular weight is 297 g/mol. The highest BCUT2D eigenvalue weighted by molar-refractivity contribution is 6.30. The van der Waals surface area contributed by atoms with Crippen LogP contribution in [0.1, 0.15) is 37.1 Å². The molecule has 0 aliphatic heterocycles. The molecule has 6 nitrogen and oxygen atoms in total. The number of aromatic nitrogens is 5. The van der Waals surface area contributed by atoms with Gasteiger partial charge in [-0.05, 0) is 6.42 Å². The Hall–Kier alpha value is -1.40. The van der Waals surface area contributed by atoms with Gasteiger partial charge >= 0.3 is 0 Å². The summed E-state index contributed by atoms with van der Waals surface area (Å²) < 4.78 is 1.92. The largest absolute Gasteiger partial charge is 0.344 e. The molecule has 20 heavy (non-hydrogen) atoms. The number of nitrogens with zero attached hydrogens (tertiary/aromatic N) is 4. The summed E-state index contributed by atoms with van der Waals surface area (Å²) >= 11 is 6.12. The van der Waals surface area contributed by atoms with E-state index in [1.165, 1.54) is 0 Å². The molecule has 0 radical (unpaired) electrons. The third kappa shape index (κ3) is 4.05. The number of hydrogen-bond acceptors (Lipinski definition) is 4. The maximum absolute atomic E-state index is 6.12. The van der Waals surface area contributed by atoms with Crippen molar-refractivity contribution in [2.45, 2.75) is 39.2 Å². The Bertz CT molecular complexity index is 533. The highest BCUT2D eigenvalue weighted by atomic mass is 35.5. The Morgan fingerprint density at radius 3 is 2.95 bits per heavy atom. The number of imidazole rings is 1. The van der Waals surface area contributed by atoms with Crippen LogP contribution in [0, 0.1) is 0 Å². The van der Waals surface area contributed by atoms with Crippen molar-refractivity contribution in [2.75, 3.05) is 6.54 Å². The van der Waals surface area contributed by atoms with Crippen molar-refractivity contribution in [1.82, 2.24) is 30.0 Å². The van der Waals surface area contributed by atoms with E-state index < -0.39 is 0 Å². The molecule has 2 N–H and O–H groups in total. The zero-order chi connectivity index (χ0) is 14.4. The van der Waals surface area contributed by atoms with Gasteiger partial charge in [0.2, 0.25) is 0 Å². The van der Waals surface area contributed by atoms with Crippen LogP contribution in [0.5, 0.6) is 0 Å². The fourth-order valence-corrected chi connectivity index (χ4v) is 2.18. The van der Waals surface area contributed by atoms with Crippen molar-refractivity contribution >= 4 is 11.6 Å². The molecule has 2 heterocycles. The maximum atomic E-state index is 6.12. The molecular formula is C13H21ClN6. The summed E-state index contributed by atoms with van der Waals surface area (Å²) in [5.74, 6) is 1.94. The molecule has 0 amide bonds. The van der Waals surface area contributed by atoms with Crippen LogP contribution in [0.2, 0.25) is 5.15 Å². The van der Waals surface area contributed by atoms with Gasteiger partial charge in [0.05, 0.1) is 5.69 Å². The lowest BCUT2D eigenvalue weighted by molar-refractivity contribution is 0.645. The highest BCUT2D eigenvalue weighted by Gasteiger charge is 2.07. The molecule has 7 heteroatoms. The van der Waals surface area contributed by atoms with Gasteiger partial charge in [-0.1, -0.05) is 24.9 Å². The molecule has 0 bridgehead atoms. The summed E-state index contributed by atoms with van der Waals surface area (Å²) in [6, 6.07) is 0. The summed E-state index contributed by atoms with van der Waals surface area (Å²) in [6.45, 7) is 3.68. The zero-order valence-corrected chi connectivity index (χ0v) is 12.7. The molecule has 2 aromatic rings. The monoisotopic (exact) mass is 296 g/mol. The molecule has 0 atom stereocenters. The van der Waals surface area contributed by atoms with Crippen molar-refractivity contribution in [1.29, 1.82) is 0 Å². The van der Waals surface area contributed by atoms with Crippen molar-refractivity contribution in [3.8, 4) is 0 Å². The molecular weight excluding hydrogens is 276 g/mol. The van der Waals surface area contributed by atoms with Gasteiger partial charge in [0.25, 0.3) is 0 Å². The smallest absolute Gasteiger partial charge is 0.151 e. The third-order valence-electron chi connectivity index (χ3n) is 3.18. The van der Waals surface area contributed by atoms with Crippen molar-refractivity contribution in [3.63, 3.8) is 0 Å². The second kappa shape index (κ2) is 7.40. The Morgan fingerprint density at radius 2 is 2.25 bits per heavy atom. The highest BCUT2D eigenvalue weighted by Crippen LogP contribution is 2.13. The van der Waals surface area contributed by atoms with Crippen molar-refractivity contribution in [2.24, 2.45) is 7.05 Å². The standard InChI is InChI=1S/C13H21ClN6/c1-3-4-5-11-17-10(13(14)18-11)8-15-7-6-12-19-16-9-20(12)2/h9,15H,3-8H2,1-2H3,(H,17,18). The number of unbranched alkanes of at least 4 members (excludes halogenated alkanes) is 1. The van der Waals surface area contributed by atoms with Gasteiger partial charge in [-0.2, -0.15) is 0 Å². The zero-order valence-electron chi connectivity index (χ0n) is 12.0. The molecule has 2 aromatic heterocycles. The second-order valence-electron chi connectivity index (χ2n) is 4.84. The van der Waals surface area contributed by atoms with Crippen LogP contribution in [-0.4, -0.2) is 31.3 Å². The predicted octanol–water partition coefficient (Wildman–Crippen LogP) is 1.87. The Morgan fingerprint density at radius 1 is 1.40 bits per heavy atom. The van der Waals surface area contributed by atoms with E-state index in [9.17, 15) is 0 Å². The van der Waals surface area contributed by atoms with Crippen LogP contribution in [0.3, 0.4) is 0 Å². The average Bonchev–Trinajstić information content (AvgIpc) is 2.99. The number of aromatic amines is 1. The van der Waals surface area contributed by atoms with Crippen LogP contribution in [-0.2, 0) is 26.4 Å². The van der Waals surface area contributed by atoms with E-state index in [1.807, 2.05) is 11.6 Å². The number of H-pyrrole nitrogens is 1. The molecule has 0 spiro atoms. The van der Waals surface area contributed by atoms with E-state index in [4.69, 9.17) is 11.6 Å². The first-order valence-corrected chi connectivity index (χ1v) is 7.35. The summed E-state index contributed by atoms with van der Waals surface area (Å²) in [6.07, 6.45) is 5.79. The number of aryl methyl sites for hydroxylation is 2. The number of nitrogens with one attached hydrogen (secondary N) is 2. The Balaban J connectivity index is 1.76. The van der Waals surface area contributed by atoms with E-state index in [-0.39, 0.29) is 0 Å². The van der Waals surface area contributed by atoms with Gasteiger partial charge in [0.15, 0.2) is 5.15 Å². The van der Waals surface area contributed by atoms with Crippen LogP contribution < -0.4 is 5.32 Å². The van der Waals surface area contributed by atoms with E-state index in [1.54, 1.807) is 6.33 Å². The molecule has 0 aliphatic carbocycles. The van der Waals surface area contributed by atoms with Crippen LogP contribution >= 0.6 is 11.6 Å². The van der Waals surface area contributed by atoms with Crippen molar-refractivity contribution in [3.05, 3.63) is 28.8 Å². The lowest BCUT2D eigenvalue weighted by Crippen LogP contribution is -2.18. The van der Waals surface area contributed by atoms with Gasteiger partial charge in [-0.25, -0.2) is 4.98 Å². The van der Waals surface area contributed by atoms with Gasteiger partial charge < -0.3 is 14.9 Å². The topological polar surface area (TPSA) is 71.4 Å². The van der Waals surface area contributed by atoms with Gasteiger partial charge in [0.1, 0.15) is 18.0 Å². The van der Waals surface area contributed by atoms with E-state index in [0.717, 1.165) is 49.6 Å². The molecule has 0 fully saturated rings. The van der Waals surface area contributed by atoms with Gasteiger partial charge in [-0.3, -0.25) is 0 Å². The van der Waals surface area contributed by atoms with E-state index >= 15 is 0 Å². The van der Waals surface area contributed by atoms with Crippen LogP contribution in [0.25, 0.3) is 0 Å². The minimum Gasteiger partial charge on any atom is -0.344 e. The maximum Gasteiger partial charge on any atom is 0.151 e. The summed E-state index contributed by atoms with van der Waals surface area (Å²) in [5.41, 5.74) is 0.954. The fraction of sp³-hybridized carbons (Fsp3) is 0.615.